The first-order valence-corrected chi connectivity index (χ1v) is 15.5. The largest absolute Gasteiger partial charge is 0.388 e. The molecule has 0 unspecified atom stereocenters. The van der Waals surface area contributed by atoms with Crippen molar-refractivity contribution in [3.05, 3.63) is 128 Å². The number of hydrogen-bond donors (Lipinski definition) is 1. The van der Waals surface area contributed by atoms with Gasteiger partial charge in [-0.25, -0.2) is 0 Å². The maximum atomic E-state index is 10.2. The number of para-hydroxylation sites is 2. The standard InChI is InChI=1S/C8H11N.2C7H8N2.C7H7NO2.4C2H6/c1-7-5-3-4-6-8(7)9-2;2*1-6-4-5-7(8-2)9(6)3;1-6-4-2-3-5-7(6)8(9)10;4*1-2/h3-6,9H,1-2H3;2*4-5H,1,3H3;2-5H,1H3;4*1-2H3. The highest BCUT2D eigenvalue weighted by Gasteiger charge is 2.06. The van der Waals surface area contributed by atoms with Gasteiger partial charge in [0.2, 0.25) is 11.6 Å². The van der Waals surface area contributed by atoms with E-state index in [4.69, 9.17) is 13.1 Å². The van der Waals surface area contributed by atoms with Crippen LogP contribution < -0.4 is 5.32 Å². The fourth-order valence-corrected chi connectivity index (χ4v) is 3.05. The SMILES string of the molecule is CC.CC.CC.CC.CNc1ccccc1C.Cc1ccccc1[N+](=O)[O-].[C-]#[N+]c1ccc(C)n1C.[C-]#[N+]c1ccc(C)n1C. The third-order valence-electron chi connectivity index (χ3n) is 5.65. The first-order valence-electron chi connectivity index (χ1n) is 15.5. The smallest absolute Gasteiger partial charge is 0.272 e. The van der Waals surface area contributed by atoms with Gasteiger partial charge in [0, 0.05) is 24.4 Å². The minimum absolute atomic E-state index is 0.183. The fraction of sp³-hybridized carbons (Fsp3) is 0.405. The van der Waals surface area contributed by atoms with Crippen molar-refractivity contribution >= 4 is 23.0 Å². The third kappa shape index (κ3) is 19.2. The molecular formula is C37H58N6O2. The summed E-state index contributed by atoms with van der Waals surface area (Å²) in [6.07, 6.45) is 0. The zero-order chi connectivity index (χ0) is 36.0. The number of anilines is 1. The van der Waals surface area contributed by atoms with Crippen molar-refractivity contribution in [2.45, 2.75) is 83.1 Å². The zero-order valence-corrected chi connectivity index (χ0v) is 30.5. The van der Waals surface area contributed by atoms with Crippen LogP contribution in [0.5, 0.6) is 0 Å². The Bertz CT molecular complexity index is 1330. The molecular weight excluding hydrogens is 560 g/mol. The van der Waals surface area contributed by atoms with Crippen LogP contribution in [-0.4, -0.2) is 21.1 Å². The van der Waals surface area contributed by atoms with E-state index in [9.17, 15) is 10.1 Å². The van der Waals surface area contributed by atoms with Crippen LogP contribution in [0.2, 0.25) is 0 Å². The van der Waals surface area contributed by atoms with E-state index in [1.54, 1.807) is 25.1 Å². The molecule has 0 saturated carbocycles. The lowest BCUT2D eigenvalue weighted by molar-refractivity contribution is -0.385. The van der Waals surface area contributed by atoms with Crippen LogP contribution in [0, 0.1) is 51.0 Å². The second-order valence-corrected chi connectivity index (χ2v) is 8.12. The van der Waals surface area contributed by atoms with Gasteiger partial charge in [0.25, 0.3) is 5.69 Å². The molecule has 0 fully saturated rings. The Morgan fingerprint density at radius 3 is 1.18 bits per heavy atom. The number of hydrogen-bond acceptors (Lipinski definition) is 3. The van der Waals surface area contributed by atoms with Gasteiger partial charge >= 0.3 is 0 Å². The van der Waals surface area contributed by atoms with E-state index < -0.39 is 0 Å². The molecule has 0 aliphatic carbocycles. The Kier molecular flexibility index (Phi) is 32.1. The lowest BCUT2D eigenvalue weighted by Crippen LogP contribution is -1.89. The zero-order valence-electron chi connectivity index (χ0n) is 30.5. The number of nitro groups is 1. The molecule has 248 valence electrons. The maximum Gasteiger partial charge on any atom is 0.272 e. The van der Waals surface area contributed by atoms with Gasteiger partial charge in [0.05, 0.1) is 30.4 Å². The van der Waals surface area contributed by atoms with Crippen LogP contribution in [0.1, 0.15) is 77.9 Å². The number of aromatic nitrogens is 2. The van der Waals surface area contributed by atoms with Crippen LogP contribution in [0.4, 0.5) is 23.0 Å². The number of aryl methyl sites for hydroxylation is 4. The molecule has 0 saturated heterocycles. The lowest BCUT2D eigenvalue weighted by atomic mass is 10.2. The Balaban J connectivity index is -0.000000231. The summed E-state index contributed by atoms with van der Waals surface area (Å²) < 4.78 is 3.74. The number of nitrogens with zero attached hydrogens (tertiary/aromatic N) is 5. The quantitative estimate of drug-likeness (QED) is 0.138. The van der Waals surface area contributed by atoms with E-state index in [1.807, 2.05) is 136 Å². The molecule has 45 heavy (non-hydrogen) atoms. The van der Waals surface area contributed by atoms with Crippen LogP contribution in [0.3, 0.4) is 0 Å². The van der Waals surface area contributed by atoms with E-state index in [-0.39, 0.29) is 10.6 Å². The van der Waals surface area contributed by atoms with Crippen LogP contribution in [-0.2, 0) is 14.1 Å². The van der Waals surface area contributed by atoms with E-state index >= 15 is 0 Å². The summed E-state index contributed by atoms with van der Waals surface area (Å²) in [6.45, 7) is 37.2. The molecule has 1 N–H and O–H groups in total. The van der Waals surface area contributed by atoms with E-state index in [1.165, 1.54) is 17.3 Å². The lowest BCUT2D eigenvalue weighted by Gasteiger charge is -2.01. The molecule has 2 heterocycles. The summed E-state index contributed by atoms with van der Waals surface area (Å²) in [4.78, 5) is 16.5. The second-order valence-electron chi connectivity index (χ2n) is 8.12. The van der Waals surface area contributed by atoms with Crippen molar-refractivity contribution < 1.29 is 4.92 Å². The van der Waals surface area contributed by atoms with Crippen molar-refractivity contribution in [2.75, 3.05) is 12.4 Å². The minimum atomic E-state index is -0.380. The normalized spacial score (nSPS) is 8.02. The molecule has 0 bridgehead atoms. The van der Waals surface area contributed by atoms with Gasteiger partial charge in [0.15, 0.2) is 0 Å². The molecule has 2 aromatic heterocycles. The van der Waals surface area contributed by atoms with Gasteiger partial charge < -0.3 is 24.1 Å². The highest BCUT2D eigenvalue weighted by Crippen LogP contribution is 2.16. The molecule has 0 atom stereocenters. The van der Waals surface area contributed by atoms with Crippen molar-refractivity contribution in [2.24, 2.45) is 14.1 Å². The Hall–Kier alpha value is -4.82. The summed E-state index contributed by atoms with van der Waals surface area (Å²) in [5, 5.41) is 13.3. The summed E-state index contributed by atoms with van der Waals surface area (Å²) in [5.74, 6) is 1.40. The Labute approximate surface area is 274 Å². The monoisotopic (exact) mass is 618 g/mol. The molecule has 0 amide bonds. The number of benzene rings is 2. The first kappa shape index (κ1) is 47.1. The number of nitrogens with one attached hydrogen (secondary N) is 1. The Morgan fingerprint density at radius 1 is 0.622 bits per heavy atom. The molecule has 8 nitrogen and oxygen atoms in total. The second kappa shape index (κ2) is 30.6. The Morgan fingerprint density at radius 2 is 0.978 bits per heavy atom. The summed E-state index contributed by atoms with van der Waals surface area (Å²) in [6, 6.07) is 22.4. The topological polar surface area (TPSA) is 73.8 Å². The summed E-state index contributed by atoms with van der Waals surface area (Å²) in [7, 11) is 5.72. The third-order valence-corrected chi connectivity index (χ3v) is 5.65. The molecule has 0 aliphatic rings. The van der Waals surface area contributed by atoms with E-state index in [0.29, 0.717) is 17.2 Å². The van der Waals surface area contributed by atoms with Gasteiger partial charge in [-0.15, -0.1) is 0 Å². The number of nitro benzene ring substituents is 1. The predicted octanol–water partition coefficient (Wildman–Crippen LogP) is 11.8. The van der Waals surface area contributed by atoms with Gasteiger partial charge in [0.1, 0.15) is 0 Å². The van der Waals surface area contributed by atoms with E-state index in [0.717, 1.165) is 11.4 Å². The van der Waals surface area contributed by atoms with E-state index in [2.05, 4.69) is 34.1 Å². The van der Waals surface area contributed by atoms with Crippen LogP contribution >= 0.6 is 0 Å². The van der Waals surface area contributed by atoms with Gasteiger partial charge in [-0.3, -0.25) is 10.1 Å². The molecule has 0 radical (unpaired) electrons. The summed E-state index contributed by atoms with van der Waals surface area (Å²) in [5.41, 5.74) is 5.63. The minimum Gasteiger partial charge on any atom is -0.388 e. The average molecular weight is 619 g/mol. The fourth-order valence-electron chi connectivity index (χ4n) is 3.05. The van der Waals surface area contributed by atoms with Gasteiger partial charge in [-0.05, 0) is 63.6 Å². The van der Waals surface area contributed by atoms with Crippen LogP contribution in [0.25, 0.3) is 9.69 Å². The summed E-state index contributed by atoms with van der Waals surface area (Å²) >= 11 is 0. The van der Waals surface area contributed by atoms with Crippen LogP contribution in [0.15, 0.2) is 72.8 Å². The van der Waals surface area contributed by atoms with Gasteiger partial charge in [-0.1, -0.05) is 105 Å². The highest BCUT2D eigenvalue weighted by atomic mass is 16.6. The van der Waals surface area contributed by atoms with Crippen molar-refractivity contribution in [3.8, 4) is 0 Å². The molecule has 0 aliphatic heterocycles. The molecule has 0 spiro atoms. The molecule has 4 aromatic rings. The van der Waals surface area contributed by atoms with Crippen molar-refractivity contribution in [3.63, 3.8) is 0 Å². The average Bonchev–Trinajstić information content (AvgIpc) is 3.60. The molecule has 8 heteroatoms. The first-order chi connectivity index (χ1) is 21.6. The molecule has 4 rings (SSSR count). The molecule has 2 aromatic carbocycles. The maximum absolute atomic E-state index is 10.2. The highest BCUT2D eigenvalue weighted by molar-refractivity contribution is 5.49. The van der Waals surface area contributed by atoms with Gasteiger partial charge in [-0.2, -0.15) is 0 Å². The number of rotatable bonds is 2. The van der Waals surface area contributed by atoms with Crippen molar-refractivity contribution in [1.82, 2.24) is 9.13 Å². The predicted molar refractivity (Wildman–Crippen MR) is 197 cm³/mol. The van der Waals surface area contributed by atoms with Crippen molar-refractivity contribution in [1.29, 1.82) is 0 Å².